The molecule has 1 unspecified atom stereocenters. The molecule has 0 bridgehead atoms. The molecule has 2 aromatic heterocycles. The summed E-state index contributed by atoms with van der Waals surface area (Å²) in [6, 6.07) is 4.84. The van der Waals surface area contributed by atoms with Crippen LogP contribution in [-0.2, 0) is 6.42 Å². The van der Waals surface area contributed by atoms with E-state index in [4.69, 9.17) is 0 Å². The fourth-order valence-electron chi connectivity index (χ4n) is 1.70. The Morgan fingerprint density at radius 1 is 1.24 bits per heavy atom. The fraction of sp³-hybridized carbons (Fsp3) is 0.462. The first-order valence-corrected chi connectivity index (χ1v) is 7.49. The Labute approximate surface area is 111 Å². The highest BCUT2D eigenvalue weighted by molar-refractivity contribution is 7.12. The summed E-state index contributed by atoms with van der Waals surface area (Å²) in [7, 11) is 0. The van der Waals surface area contributed by atoms with E-state index in [2.05, 4.69) is 43.2 Å². The van der Waals surface area contributed by atoms with Crippen molar-refractivity contribution in [2.24, 2.45) is 0 Å². The van der Waals surface area contributed by atoms with Crippen LogP contribution in [0.25, 0.3) is 0 Å². The van der Waals surface area contributed by atoms with Crippen molar-refractivity contribution in [1.82, 2.24) is 10.3 Å². The molecule has 92 valence electrons. The lowest BCUT2D eigenvalue weighted by Crippen LogP contribution is -2.20. The van der Waals surface area contributed by atoms with Crippen molar-refractivity contribution >= 4 is 22.7 Å². The van der Waals surface area contributed by atoms with Gasteiger partial charge in [-0.1, -0.05) is 0 Å². The molecule has 4 heteroatoms. The average Bonchev–Trinajstić information content (AvgIpc) is 2.88. The molecule has 0 radical (unpaired) electrons. The SMILES string of the molecule is Cc1ccc(C(C)NCCc2ncc(C)s2)s1. The molecule has 1 atom stereocenters. The Bertz CT molecular complexity index is 473. The van der Waals surface area contributed by atoms with E-state index in [9.17, 15) is 0 Å². The first kappa shape index (κ1) is 12.7. The van der Waals surface area contributed by atoms with Gasteiger partial charge in [0, 0.05) is 39.8 Å². The van der Waals surface area contributed by atoms with E-state index in [1.54, 1.807) is 11.3 Å². The number of thiazole rings is 1. The topological polar surface area (TPSA) is 24.9 Å². The van der Waals surface area contributed by atoms with Gasteiger partial charge in [-0.15, -0.1) is 22.7 Å². The van der Waals surface area contributed by atoms with E-state index in [0.717, 1.165) is 13.0 Å². The molecule has 2 heterocycles. The molecule has 0 saturated carbocycles. The summed E-state index contributed by atoms with van der Waals surface area (Å²) in [4.78, 5) is 8.46. The van der Waals surface area contributed by atoms with Gasteiger partial charge in [-0.25, -0.2) is 4.98 Å². The largest absolute Gasteiger partial charge is 0.309 e. The van der Waals surface area contributed by atoms with E-state index in [1.165, 1.54) is 19.6 Å². The molecule has 0 saturated heterocycles. The van der Waals surface area contributed by atoms with Crippen LogP contribution in [0.4, 0.5) is 0 Å². The minimum absolute atomic E-state index is 0.440. The van der Waals surface area contributed by atoms with Crippen molar-refractivity contribution in [2.75, 3.05) is 6.54 Å². The van der Waals surface area contributed by atoms with E-state index < -0.39 is 0 Å². The number of nitrogens with zero attached hydrogens (tertiary/aromatic N) is 1. The molecular weight excluding hydrogens is 248 g/mol. The molecular formula is C13H18N2S2. The number of nitrogens with one attached hydrogen (secondary N) is 1. The normalized spacial score (nSPS) is 12.9. The fourth-order valence-corrected chi connectivity index (χ4v) is 3.39. The summed E-state index contributed by atoms with van der Waals surface area (Å²) in [6.07, 6.45) is 2.97. The predicted octanol–water partition coefficient (Wildman–Crippen LogP) is 3.71. The molecule has 0 aromatic carbocycles. The molecule has 0 aliphatic carbocycles. The van der Waals surface area contributed by atoms with Gasteiger partial charge in [0.15, 0.2) is 0 Å². The number of aromatic nitrogens is 1. The first-order valence-electron chi connectivity index (χ1n) is 5.86. The quantitative estimate of drug-likeness (QED) is 0.892. The lowest BCUT2D eigenvalue weighted by Gasteiger charge is -2.10. The molecule has 2 rings (SSSR count). The van der Waals surface area contributed by atoms with Gasteiger partial charge in [-0.05, 0) is 32.9 Å². The first-order chi connectivity index (χ1) is 8.15. The number of hydrogen-bond acceptors (Lipinski definition) is 4. The minimum atomic E-state index is 0.440. The van der Waals surface area contributed by atoms with Gasteiger partial charge in [0.05, 0.1) is 5.01 Å². The smallest absolute Gasteiger partial charge is 0.0940 e. The molecule has 0 amide bonds. The maximum atomic E-state index is 4.37. The van der Waals surface area contributed by atoms with Gasteiger partial charge in [0.2, 0.25) is 0 Å². The van der Waals surface area contributed by atoms with Crippen LogP contribution in [0.5, 0.6) is 0 Å². The van der Waals surface area contributed by atoms with Gasteiger partial charge in [0.1, 0.15) is 0 Å². The Balaban J connectivity index is 1.78. The summed E-state index contributed by atoms with van der Waals surface area (Å²) in [5.41, 5.74) is 0. The van der Waals surface area contributed by atoms with Crippen molar-refractivity contribution in [3.63, 3.8) is 0 Å². The summed E-state index contributed by atoms with van der Waals surface area (Å²) < 4.78 is 0. The van der Waals surface area contributed by atoms with Gasteiger partial charge >= 0.3 is 0 Å². The standard InChI is InChI=1S/C13H18N2S2/c1-9-4-5-12(16-9)11(3)14-7-6-13-15-8-10(2)17-13/h4-5,8,11,14H,6-7H2,1-3H3. The molecule has 2 nitrogen and oxygen atoms in total. The molecule has 17 heavy (non-hydrogen) atoms. The second-order valence-corrected chi connectivity index (χ2v) is 6.88. The predicted molar refractivity (Wildman–Crippen MR) is 76.0 cm³/mol. The van der Waals surface area contributed by atoms with Crippen LogP contribution in [0.2, 0.25) is 0 Å². The Kier molecular flexibility index (Phi) is 4.31. The van der Waals surface area contributed by atoms with Crippen molar-refractivity contribution in [1.29, 1.82) is 0 Å². The molecule has 2 aromatic rings. The molecule has 0 fully saturated rings. The van der Waals surface area contributed by atoms with E-state index in [0.29, 0.717) is 6.04 Å². The maximum Gasteiger partial charge on any atom is 0.0940 e. The highest BCUT2D eigenvalue weighted by atomic mass is 32.1. The Hall–Kier alpha value is -0.710. The van der Waals surface area contributed by atoms with Gasteiger partial charge in [0.25, 0.3) is 0 Å². The summed E-state index contributed by atoms with van der Waals surface area (Å²) in [6.45, 7) is 7.47. The van der Waals surface area contributed by atoms with Gasteiger partial charge in [-0.3, -0.25) is 0 Å². The summed E-state index contributed by atoms with van der Waals surface area (Å²) >= 11 is 3.66. The van der Waals surface area contributed by atoms with Crippen LogP contribution < -0.4 is 5.32 Å². The lowest BCUT2D eigenvalue weighted by atomic mass is 10.2. The third kappa shape index (κ3) is 3.63. The minimum Gasteiger partial charge on any atom is -0.309 e. The van der Waals surface area contributed by atoms with E-state index >= 15 is 0 Å². The summed E-state index contributed by atoms with van der Waals surface area (Å²) in [5, 5.41) is 4.77. The zero-order valence-corrected chi connectivity index (χ0v) is 12.1. The average molecular weight is 266 g/mol. The molecule has 1 N–H and O–H groups in total. The van der Waals surface area contributed by atoms with Gasteiger partial charge in [-0.2, -0.15) is 0 Å². The van der Waals surface area contributed by atoms with Crippen molar-refractivity contribution < 1.29 is 0 Å². The van der Waals surface area contributed by atoms with Gasteiger partial charge < -0.3 is 5.32 Å². The molecule has 0 spiro atoms. The van der Waals surface area contributed by atoms with Crippen LogP contribution in [0.1, 0.15) is 32.6 Å². The highest BCUT2D eigenvalue weighted by Gasteiger charge is 2.07. The third-order valence-corrected chi connectivity index (χ3v) is 4.80. The Morgan fingerprint density at radius 2 is 2.06 bits per heavy atom. The zero-order valence-electron chi connectivity index (χ0n) is 10.5. The van der Waals surface area contributed by atoms with Crippen LogP contribution >= 0.6 is 22.7 Å². The lowest BCUT2D eigenvalue weighted by molar-refractivity contribution is 0.584. The second-order valence-electron chi connectivity index (χ2n) is 4.24. The van der Waals surface area contributed by atoms with Crippen LogP contribution in [-0.4, -0.2) is 11.5 Å². The van der Waals surface area contributed by atoms with Crippen LogP contribution in [0.15, 0.2) is 18.3 Å². The van der Waals surface area contributed by atoms with Crippen molar-refractivity contribution in [2.45, 2.75) is 33.2 Å². The third-order valence-electron chi connectivity index (χ3n) is 2.65. The van der Waals surface area contributed by atoms with Crippen molar-refractivity contribution in [3.05, 3.63) is 38.0 Å². The monoisotopic (exact) mass is 266 g/mol. The maximum absolute atomic E-state index is 4.37. The van der Waals surface area contributed by atoms with E-state index in [1.807, 2.05) is 17.5 Å². The van der Waals surface area contributed by atoms with E-state index in [-0.39, 0.29) is 0 Å². The number of aryl methyl sites for hydroxylation is 2. The van der Waals surface area contributed by atoms with Crippen LogP contribution in [0.3, 0.4) is 0 Å². The number of hydrogen-bond donors (Lipinski definition) is 1. The second kappa shape index (κ2) is 5.76. The zero-order chi connectivity index (χ0) is 12.3. The summed E-state index contributed by atoms with van der Waals surface area (Å²) in [5.74, 6) is 0. The van der Waals surface area contributed by atoms with Crippen LogP contribution in [0, 0.1) is 13.8 Å². The number of rotatable bonds is 5. The number of thiophene rings is 1. The molecule has 0 aliphatic rings. The van der Waals surface area contributed by atoms with Crippen molar-refractivity contribution in [3.8, 4) is 0 Å². The molecule has 0 aliphatic heterocycles. The Morgan fingerprint density at radius 3 is 2.65 bits per heavy atom. The highest BCUT2D eigenvalue weighted by Crippen LogP contribution is 2.22.